The number of carbonyl (C=O) groups excluding carboxylic acids is 2. The molecule has 4 N–H and O–H groups in total. The fourth-order valence-electron chi connectivity index (χ4n) is 2.29. The van der Waals surface area contributed by atoms with E-state index in [1.54, 1.807) is 0 Å². The molecule has 0 saturated carbocycles. The first-order valence-corrected chi connectivity index (χ1v) is 5.10. The summed E-state index contributed by atoms with van der Waals surface area (Å²) in [7, 11) is 0. The molecule has 0 aromatic rings. The van der Waals surface area contributed by atoms with Gasteiger partial charge < -0.3 is 15.8 Å². The van der Waals surface area contributed by atoms with E-state index in [-0.39, 0.29) is 18.4 Å². The molecule has 0 aliphatic carbocycles. The third-order valence-corrected chi connectivity index (χ3v) is 3.21. The number of urea groups is 1. The SMILES string of the molecule is NCC1(C2CCOCC2)NC(=O)NC1=O. The summed E-state index contributed by atoms with van der Waals surface area (Å²) in [6, 6.07) is -0.447. The van der Waals surface area contributed by atoms with Gasteiger partial charge in [0.05, 0.1) is 0 Å². The quantitative estimate of drug-likeness (QED) is 0.510. The molecule has 0 bridgehead atoms. The summed E-state index contributed by atoms with van der Waals surface area (Å²) in [4.78, 5) is 22.9. The van der Waals surface area contributed by atoms with Crippen LogP contribution in [0.15, 0.2) is 0 Å². The van der Waals surface area contributed by atoms with Crippen molar-refractivity contribution in [1.29, 1.82) is 0 Å². The highest BCUT2D eigenvalue weighted by Crippen LogP contribution is 2.29. The maximum atomic E-state index is 11.7. The summed E-state index contributed by atoms with van der Waals surface area (Å²) in [6.45, 7) is 1.38. The highest BCUT2D eigenvalue weighted by molar-refractivity contribution is 6.07. The molecular weight excluding hydrogens is 198 g/mol. The van der Waals surface area contributed by atoms with Gasteiger partial charge in [-0.2, -0.15) is 0 Å². The van der Waals surface area contributed by atoms with Crippen molar-refractivity contribution < 1.29 is 14.3 Å². The molecule has 2 aliphatic heterocycles. The topological polar surface area (TPSA) is 93.4 Å². The first-order valence-electron chi connectivity index (χ1n) is 5.10. The monoisotopic (exact) mass is 213 g/mol. The minimum Gasteiger partial charge on any atom is -0.381 e. The van der Waals surface area contributed by atoms with Gasteiger partial charge in [0.25, 0.3) is 5.91 Å². The van der Waals surface area contributed by atoms with E-state index in [2.05, 4.69) is 10.6 Å². The first kappa shape index (κ1) is 10.4. The average molecular weight is 213 g/mol. The molecule has 84 valence electrons. The molecule has 6 heteroatoms. The minimum atomic E-state index is -0.916. The molecule has 2 aliphatic rings. The van der Waals surface area contributed by atoms with Crippen LogP contribution in [-0.4, -0.2) is 37.2 Å². The second-order valence-corrected chi connectivity index (χ2v) is 3.97. The number of hydrogen-bond acceptors (Lipinski definition) is 4. The van der Waals surface area contributed by atoms with Crippen LogP contribution in [0.1, 0.15) is 12.8 Å². The van der Waals surface area contributed by atoms with E-state index < -0.39 is 11.6 Å². The normalized spacial score (nSPS) is 32.6. The molecule has 2 heterocycles. The zero-order chi connectivity index (χ0) is 10.9. The van der Waals surface area contributed by atoms with Crippen LogP contribution in [0.25, 0.3) is 0 Å². The van der Waals surface area contributed by atoms with Crippen LogP contribution in [0.2, 0.25) is 0 Å². The number of carbonyl (C=O) groups is 2. The first-order chi connectivity index (χ1) is 7.19. The van der Waals surface area contributed by atoms with E-state index in [1.807, 2.05) is 0 Å². The fraction of sp³-hybridized carbons (Fsp3) is 0.778. The molecule has 0 spiro atoms. The van der Waals surface area contributed by atoms with Gasteiger partial charge in [-0.25, -0.2) is 4.79 Å². The summed E-state index contributed by atoms with van der Waals surface area (Å²) >= 11 is 0. The second-order valence-electron chi connectivity index (χ2n) is 3.97. The Hall–Kier alpha value is -1.14. The Labute approximate surface area is 87.5 Å². The summed E-state index contributed by atoms with van der Waals surface area (Å²) in [5, 5.41) is 4.90. The smallest absolute Gasteiger partial charge is 0.322 e. The van der Waals surface area contributed by atoms with E-state index in [1.165, 1.54) is 0 Å². The Kier molecular flexibility index (Phi) is 2.62. The molecule has 2 rings (SSSR count). The van der Waals surface area contributed by atoms with Crippen LogP contribution in [0.5, 0.6) is 0 Å². The summed E-state index contributed by atoms with van der Waals surface area (Å²) in [5.74, 6) is -0.232. The van der Waals surface area contributed by atoms with Crippen LogP contribution in [0, 0.1) is 5.92 Å². The lowest BCUT2D eigenvalue weighted by Crippen LogP contribution is -2.59. The van der Waals surface area contributed by atoms with Crippen molar-refractivity contribution >= 4 is 11.9 Å². The van der Waals surface area contributed by atoms with Crippen molar-refractivity contribution in [3.63, 3.8) is 0 Å². The van der Waals surface area contributed by atoms with E-state index in [9.17, 15) is 9.59 Å². The highest BCUT2D eigenvalue weighted by Gasteiger charge is 2.50. The number of hydrogen-bond donors (Lipinski definition) is 3. The molecule has 0 radical (unpaired) electrons. The molecule has 1 unspecified atom stereocenters. The van der Waals surface area contributed by atoms with E-state index in [0.29, 0.717) is 13.2 Å². The molecule has 3 amide bonds. The van der Waals surface area contributed by atoms with Crippen LogP contribution >= 0.6 is 0 Å². The lowest BCUT2D eigenvalue weighted by Gasteiger charge is -2.35. The van der Waals surface area contributed by atoms with Crippen LogP contribution in [0.3, 0.4) is 0 Å². The summed E-state index contributed by atoms with van der Waals surface area (Å²) in [6.07, 6.45) is 1.51. The zero-order valence-corrected chi connectivity index (χ0v) is 8.41. The summed E-state index contributed by atoms with van der Waals surface area (Å²) < 4.78 is 5.23. The Morgan fingerprint density at radius 2 is 2.07 bits per heavy atom. The predicted molar refractivity (Wildman–Crippen MR) is 52.0 cm³/mol. The largest absolute Gasteiger partial charge is 0.381 e. The standard InChI is InChI=1S/C9H15N3O3/c10-5-9(6-1-3-15-4-2-6)7(13)11-8(14)12-9/h6H,1-5,10H2,(H2,11,12,13,14). The summed E-state index contributed by atoms with van der Waals surface area (Å²) in [5.41, 5.74) is 4.72. The van der Waals surface area contributed by atoms with Crippen molar-refractivity contribution in [3.8, 4) is 0 Å². The van der Waals surface area contributed by atoms with Gasteiger partial charge in [0.2, 0.25) is 0 Å². The Morgan fingerprint density at radius 1 is 1.40 bits per heavy atom. The number of rotatable bonds is 2. The maximum Gasteiger partial charge on any atom is 0.322 e. The van der Waals surface area contributed by atoms with Gasteiger partial charge in [-0.1, -0.05) is 0 Å². The Balaban J connectivity index is 2.20. The lowest BCUT2D eigenvalue weighted by atomic mass is 9.79. The Morgan fingerprint density at radius 3 is 2.53 bits per heavy atom. The van der Waals surface area contributed by atoms with E-state index in [0.717, 1.165) is 12.8 Å². The highest BCUT2D eigenvalue weighted by atomic mass is 16.5. The minimum absolute atomic E-state index is 0.0719. The molecule has 1 atom stereocenters. The van der Waals surface area contributed by atoms with Crippen molar-refractivity contribution in [3.05, 3.63) is 0 Å². The number of imide groups is 1. The maximum absolute atomic E-state index is 11.7. The molecular formula is C9H15N3O3. The van der Waals surface area contributed by atoms with Crippen molar-refractivity contribution in [2.75, 3.05) is 19.8 Å². The van der Waals surface area contributed by atoms with Gasteiger partial charge in [0.15, 0.2) is 0 Å². The van der Waals surface area contributed by atoms with Gasteiger partial charge in [-0.3, -0.25) is 10.1 Å². The molecule has 0 aromatic heterocycles. The number of amides is 3. The molecule has 15 heavy (non-hydrogen) atoms. The van der Waals surface area contributed by atoms with Crippen LogP contribution < -0.4 is 16.4 Å². The predicted octanol–water partition coefficient (Wildman–Crippen LogP) is -1.05. The van der Waals surface area contributed by atoms with Crippen LogP contribution in [0.4, 0.5) is 4.79 Å². The number of ether oxygens (including phenoxy) is 1. The molecule has 6 nitrogen and oxygen atoms in total. The third kappa shape index (κ3) is 1.59. The van der Waals surface area contributed by atoms with Crippen molar-refractivity contribution in [2.45, 2.75) is 18.4 Å². The number of nitrogens with two attached hydrogens (primary N) is 1. The second kappa shape index (κ2) is 3.79. The van der Waals surface area contributed by atoms with Gasteiger partial charge in [0.1, 0.15) is 5.54 Å². The van der Waals surface area contributed by atoms with Crippen LogP contribution in [-0.2, 0) is 9.53 Å². The fourth-order valence-corrected chi connectivity index (χ4v) is 2.29. The van der Waals surface area contributed by atoms with Gasteiger partial charge in [-0.15, -0.1) is 0 Å². The molecule has 2 fully saturated rings. The number of nitrogens with one attached hydrogen (secondary N) is 2. The molecule has 0 aromatic carbocycles. The van der Waals surface area contributed by atoms with Crippen molar-refractivity contribution in [2.24, 2.45) is 11.7 Å². The molecule has 2 saturated heterocycles. The van der Waals surface area contributed by atoms with Crippen molar-refractivity contribution in [1.82, 2.24) is 10.6 Å². The van der Waals surface area contributed by atoms with E-state index >= 15 is 0 Å². The average Bonchev–Trinajstić information content (AvgIpc) is 2.56. The zero-order valence-electron chi connectivity index (χ0n) is 8.41. The van der Waals surface area contributed by atoms with E-state index in [4.69, 9.17) is 10.5 Å². The van der Waals surface area contributed by atoms with Gasteiger partial charge in [-0.05, 0) is 18.8 Å². The Bertz CT molecular complexity index is 288. The lowest BCUT2D eigenvalue weighted by molar-refractivity contribution is -0.126. The van der Waals surface area contributed by atoms with Gasteiger partial charge in [0, 0.05) is 19.8 Å². The third-order valence-electron chi connectivity index (χ3n) is 3.21. The van der Waals surface area contributed by atoms with Gasteiger partial charge >= 0.3 is 6.03 Å².